The molecule has 0 radical (unpaired) electrons. The summed E-state index contributed by atoms with van der Waals surface area (Å²) in [6.45, 7) is 0.841. The van der Waals surface area contributed by atoms with Crippen LogP contribution in [0.1, 0.15) is 12.0 Å². The molecule has 0 saturated carbocycles. The highest BCUT2D eigenvalue weighted by atomic mass is 16.6. The summed E-state index contributed by atoms with van der Waals surface area (Å²) in [5, 5.41) is 25.2. The molecule has 10 nitrogen and oxygen atoms in total. The van der Waals surface area contributed by atoms with Gasteiger partial charge in [0.15, 0.2) is 0 Å². The predicted molar refractivity (Wildman–Crippen MR) is 108 cm³/mol. The molecule has 0 atom stereocenters. The van der Waals surface area contributed by atoms with E-state index in [1.54, 1.807) is 31.4 Å². The van der Waals surface area contributed by atoms with E-state index in [1.807, 2.05) is 0 Å². The van der Waals surface area contributed by atoms with Gasteiger partial charge in [0.05, 0.1) is 22.0 Å². The number of hydrogen-bond donors (Lipinski definition) is 2. The maximum Gasteiger partial charge on any atom is 0.270 e. The summed E-state index contributed by atoms with van der Waals surface area (Å²) in [7, 11) is 1.58. The number of ether oxygens (including phenoxy) is 1. The van der Waals surface area contributed by atoms with Crippen LogP contribution in [0.5, 0.6) is 5.75 Å². The molecule has 2 aromatic carbocycles. The third-order valence-electron chi connectivity index (χ3n) is 4.18. The van der Waals surface area contributed by atoms with Crippen molar-refractivity contribution in [2.45, 2.75) is 13.0 Å². The molecule has 0 fully saturated rings. The SMILES string of the molecule is COCCCn1c(N/N=C\c2cc([N+](=O)[O-])ccc2O)nc2ccccc2c1=O. The highest BCUT2D eigenvalue weighted by molar-refractivity contribution is 5.85. The van der Waals surface area contributed by atoms with Gasteiger partial charge < -0.3 is 9.84 Å². The Labute approximate surface area is 165 Å². The van der Waals surface area contributed by atoms with E-state index in [0.717, 1.165) is 0 Å². The molecule has 3 aromatic rings. The third kappa shape index (κ3) is 4.55. The zero-order valence-corrected chi connectivity index (χ0v) is 15.6. The van der Waals surface area contributed by atoms with Crippen LogP contribution in [0.2, 0.25) is 0 Å². The van der Waals surface area contributed by atoms with Gasteiger partial charge in [0.2, 0.25) is 5.95 Å². The molecule has 3 rings (SSSR count). The molecule has 0 aliphatic rings. The average molecular weight is 397 g/mol. The molecule has 10 heteroatoms. The molecule has 2 N–H and O–H groups in total. The number of non-ortho nitro benzene ring substituents is 1. The molecule has 0 amide bonds. The zero-order chi connectivity index (χ0) is 20.8. The number of aromatic hydroxyl groups is 1. The van der Waals surface area contributed by atoms with Gasteiger partial charge in [-0.25, -0.2) is 10.4 Å². The first kappa shape index (κ1) is 20.0. The molecule has 29 heavy (non-hydrogen) atoms. The van der Waals surface area contributed by atoms with Gasteiger partial charge in [-0.05, 0) is 24.6 Å². The number of phenolic OH excluding ortho intramolecular Hbond substituents is 1. The number of nitrogens with zero attached hydrogens (tertiary/aromatic N) is 4. The van der Waals surface area contributed by atoms with Crippen molar-refractivity contribution in [3.63, 3.8) is 0 Å². The van der Waals surface area contributed by atoms with Crippen LogP contribution in [0.4, 0.5) is 11.6 Å². The maximum absolute atomic E-state index is 12.8. The Morgan fingerprint density at radius 3 is 2.90 bits per heavy atom. The summed E-state index contributed by atoms with van der Waals surface area (Å²) in [6, 6.07) is 10.6. The maximum atomic E-state index is 12.8. The predicted octanol–water partition coefficient (Wildman–Crippen LogP) is 2.49. The number of anilines is 1. The monoisotopic (exact) mass is 397 g/mol. The van der Waals surface area contributed by atoms with Gasteiger partial charge in [0, 0.05) is 38.0 Å². The number of nitro benzene ring substituents is 1. The Hall–Kier alpha value is -3.79. The molecule has 150 valence electrons. The lowest BCUT2D eigenvalue weighted by Crippen LogP contribution is -2.24. The molecular formula is C19H19N5O5. The average Bonchev–Trinajstić information content (AvgIpc) is 2.71. The van der Waals surface area contributed by atoms with E-state index < -0.39 is 4.92 Å². The Morgan fingerprint density at radius 1 is 1.34 bits per heavy atom. The fraction of sp³-hybridized carbons (Fsp3) is 0.211. The van der Waals surface area contributed by atoms with Gasteiger partial charge in [-0.3, -0.25) is 19.5 Å². The summed E-state index contributed by atoms with van der Waals surface area (Å²) in [5.74, 6) is 0.0519. The van der Waals surface area contributed by atoms with Crippen molar-refractivity contribution >= 4 is 28.8 Å². The highest BCUT2D eigenvalue weighted by Gasteiger charge is 2.11. The van der Waals surface area contributed by atoms with Gasteiger partial charge >= 0.3 is 0 Å². The summed E-state index contributed by atoms with van der Waals surface area (Å²) in [5.41, 5.74) is 2.96. The van der Waals surface area contributed by atoms with Gasteiger partial charge in [-0.2, -0.15) is 5.10 Å². The van der Waals surface area contributed by atoms with Crippen molar-refractivity contribution in [2.24, 2.45) is 5.10 Å². The quantitative estimate of drug-likeness (QED) is 0.258. The van der Waals surface area contributed by atoms with Crippen molar-refractivity contribution in [1.29, 1.82) is 0 Å². The molecule has 0 aliphatic heterocycles. The fourth-order valence-corrected chi connectivity index (χ4v) is 2.75. The van der Waals surface area contributed by atoms with Crippen molar-refractivity contribution in [3.05, 3.63) is 68.5 Å². The molecule has 0 bridgehead atoms. The Balaban J connectivity index is 1.93. The number of rotatable bonds is 8. The topological polar surface area (TPSA) is 132 Å². The fourth-order valence-electron chi connectivity index (χ4n) is 2.75. The second-order valence-corrected chi connectivity index (χ2v) is 6.13. The van der Waals surface area contributed by atoms with Crippen LogP contribution in [-0.4, -0.2) is 39.5 Å². The summed E-state index contributed by atoms with van der Waals surface area (Å²) >= 11 is 0. The van der Waals surface area contributed by atoms with Gasteiger partial charge in [-0.15, -0.1) is 0 Å². The van der Waals surface area contributed by atoms with E-state index in [1.165, 1.54) is 29.0 Å². The van der Waals surface area contributed by atoms with Crippen LogP contribution < -0.4 is 11.0 Å². The number of hydrazone groups is 1. The van der Waals surface area contributed by atoms with Crippen molar-refractivity contribution < 1.29 is 14.8 Å². The molecule has 1 aromatic heterocycles. The summed E-state index contributed by atoms with van der Waals surface area (Å²) in [6.07, 6.45) is 1.82. The number of aromatic nitrogens is 2. The minimum absolute atomic E-state index is 0.153. The standard InChI is InChI=1S/C19H19N5O5/c1-29-10-4-9-23-18(26)15-5-2-3-6-16(15)21-19(23)22-20-12-13-11-14(24(27)28)7-8-17(13)25/h2-3,5-8,11-12,25H,4,9-10H2,1H3,(H,21,22)/b20-12-. The number of para-hydroxylation sites is 1. The summed E-state index contributed by atoms with van der Waals surface area (Å²) in [4.78, 5) is 27.6. The van der Waals surface area contributed by atoms with Crippen LogP contribution >= 0.6 is 0 Å². The van der Waals surface area contributed by atoms with Gasteiger partial charge in [0.25, 0.3) is 11.2 Å². The van der Waals surface area contributed by atoms with Crippen molar-refractivity contribution in [1.82, 2.24) is 9.55 Å². The number of phenols is 1. The minimum Gasteiger partial charge on any atom is -0.507 e. The number of nitro groups is 1. The number of nitrogens with one attached hydrogen (secondary N) is 1. The summed E-state index contributed by atoms with van der Waals surface area (Å²) < 4.78 is 6.50. The van der Waals surface area contributed by atoms with E-state index >= 15 is 0 Å². The molecule has 1 heterocycles. The van der Waals surface area contributed by atoms with E-state index in [4.69, 9.17) is 4.74 Å². The lowest BCUT2D eigenvalue weighted by atomic mass is 10.2. The van der Waals surface area contributed by atoms with E-state index in [0.29, 0.717) is 30.5 Å². The third-order valence-corrected chi connectivity index (χ3v) is 4.18. The van der Waals surface area contributed by atoms with Crippen LogP contribution in [-0.2, 0) is 11.3 Å². The number of methoxy groups -OCH3 is 1. The second-order valence-electron chi connectivity index (χ2n) is 6.13. The van der Waals surface area contributed by atoms with Crippen molar-refractivity contribution in [2.75, 3.05) is 19.1 Å². The lowest BCUT2D eigenvalue weighted by molar-refractivity contribution is -0.384. The van der Waals surface area contributed by atoms with E-state index in [2.05, 4.69) is 15.5 Å². The normalized spacial score (nSPS) is 11.2. The van der Waals surface area contributed by atoms with Crippen LogP contribution in [0.3, 0.4) is 0 Å². The number of hydrogen-bond acceptors (Lipinski definition) is 8. The number of benzene rings is 2. The van der Waals surface area contributed by atoms with Gasteiger partial charge in [0.1, 0.15) is 5.75 Å². The Kier molecular flexibility index (Phi) is 6.15. The van der Waals surface area contributed by atoms with E-state index in [-0.39, 0.29) is 28.5 Å². The number of fused-ring (bicyclic) bond motifs is 1. The molecular weight excluding hydrogens is 378 g/mol. The second kappa shape index (κ2) is 8.93. The first-order valence-electron chi connectivity index (χ1n) is 8.76. The highest BCUT2D eigenvalue weighted by Crippen LogP contribution is 2.21. The molecule has 0 unspecified atom stereocenters. The van der Waals surface area contributed by atoms with Gasteiger partial charge in [-0.1, -0.05) is 12.1 Å². The van der Waals surface area contributed by atoms with Crippen molar-refractivity contribution in [3.8, 4) is 5.75 Å². The molecule has 0 aliphatic carbocycles. The Bertz CT molecular complexity index is 1130. The van der Waals surface area contributed by atoms with Crippen LogP contribution in [0.25, 0.3) is 10.9 Å². The first-order valence-corrected chi connectivity index (χ1v) is 8.76. The van der Waals surface area contributed by atoms with Crippen LogP contribution in [0.15, 0.2) is 52.4 Å². The minimum atomic E-state index is -0.567. The first-order chi connectivity index (χ1) is 14.0. The molecule has 0 spiro atoms. The zero-order valence-electron chi connectivity index (χ0n) is 15.6. The lowest BCUT2D eigenvalue weighted by Gasteiger charge is -2.12. The van der Waals surface area contributed by atoms with Crippen LogP contribution in [0, 0.1) is 10.1 Å². The Morgan fingerprint density at radius 2 is 2.14 bits per heavy atom. The smallest absolute Gasteiger partial charge is 0.270 e. The van der Waals surface area contributed by atoms with E-state index in [9.17, 15) is 20.0 Å². The largest absolute Gasteiger partial charge is 0.507 e. The molecule has 0 saturated heterocycles.